The van der Waals surface area contributed by atoms with Gasteiger partial charge >= 0.3 is 0 Å². The van der Waals surface area contributed by atoms with Crippen molar-refractivity contribution in [1.82, 2.24) is 16.0 Å². The molecule has 0 aliphatic rings. The highest BCUT2D eigenvalue weighted by Gasteiger charge is 2.12. The van der Waals surface area contributed by atoms with Gasteiger partial charge in [0.15, 0.2) is 11.5 Å². The van der Waals surface area contributed by atoms with Gasteiger partial charge in [-0.3, -0.25) is 14.4 Å². The molecule has 160 valence electrons. The quantitative estimate of drug-likeness (QED) is 0.430. The highest BCUT2D eigenvalue weighted by atomic mass is 16.5. The van der Waals surface area contributed by atoms with Crippen LogP contribution < -0.4 is 25.4 Å². The van der Waals surface area contributed by atoms with E-state index >= 15 is 0 Å². The van der Waals surface area contributed by atoms with Crippen molar-refractivity contribution in [2.45, 2.75) is 6.42 Å². The minimum atomic E-state index is -0.413. The van der Waals surface area contributed by atoms with Crippen LogP contribution in [0, 0.1) is 0 Å². The number of phenolic OH excluding ortho intramolecular Hbond substituents is 1. The van der Waals surface area contributed by atoms with E-state index in [9.17, 15) is 19.5 Å². The van der Waals surface area contributed by atoms with E-state index in [0.29, 0.717) is 42.1 Å². The number of hydrogen-bond acceptors (Lipinski definition) is 6. The van der Waals surface area contributed by atoms with Crippen LogP contribution in [-0.4, -0.2) is 56.7 Å². The van der Waals surface area contributed by atoms with Crippen LogP contribution >= 0.6 is 0 Å². The minimum Gasteiger partial charge on any atom is -0.508 e. The van der Waals surface area contributed by atoms with Crippen LogP contribution in [-0.2, 0) is 4.79 Å². The number of hydrogen-bond donors (Lipinski definition) is 4. The summed E-state index contributed by atoms with van der Waals surface area (Å²) in [4.78, 5) is 36.0. The fourth-order valence-corrected chi connectivity index (χ4v) is 2.57. The Morgan fingerprint density at radius 1 is 0.833 bits per heavy atom. The van der Waals surface area contributed by atoms with Gasteiger partial charge in [-0.1, -0.05) is 6.07 Å². The summed E-state index contributed by atoms with van der Waals surface area (Å²) in [6, 6.07) is 10.7. The molecule has 2 aromatic rings. The van der Waals surface area contributed by atoms with Crippen molar-refractivity contribution in [3.63, 3.8) is 0 Å². The predicted molar refractivity (Wildman–Crippen MR) is 110 cm³/mol. The van der Waals surface area contributed by atoms with Gasteiger partial charge in [0.2, 0.25) is 5.91 Å². The fraction of sp³-hybridized carbons (Fsp3) is 0.286. The maximum atomic E-state index is 12.2. The monoisotopic (exact) mass is 415 g/mol. The van der Waals surface area contributed by atoms with E-state index in [1.807, 2.05) is 0 Å². The molecule has 9 heteroatoms. The Kier molecular flexibility index (Phi) is 8.49. The van der Waals surface area contributed by atoms with E-state index in [1.54, 1.807) is 24.3 Å². The lowest BCUT2D eigenvalue weighted by atomic mass is 10.2. The number of aromatic hydroxyl groups is 1. The molecule has 0 aliphatic carbocycles. The normalized spacial score (nSPS) is 10.1. The first-order chi connectivity index (χ1) is 14.4. The highest BCUT2D eigenvalue weighted by molar-refractivity contribution is 5.97. The van der Waals surface area contributed by atoms with Gasteiger partial charge in [0.1, 0.15) is 5.75 Å². The lowest BCUT2D eigenvalue weighted by Gasteiger charge is -2.10. The molecule has 0 atom stereocenters. The minimum absolute atomic E-state index is 0.0186. The van der Waals surface area contributed by atoms with Crippen molar-refractivity contribution in [3.05, 3.63) is 53.6 Å². The van der Waals surface area contributed by atoms with E-state index in [4.69, 9.17) is 9.47 Å². The SMILES string of the molecule is COc1ccc(C(=O)NCC(=O)NCCCNC(=O)c2cccc(O)c2)cc1OC. The average Bonchev–Trinajstić information content (AvgIpc) is 2.76. The second-order valence-electron chi connectivity index (χ2n) is 6.26. The maximum absolute atomic E-state index is 12.2. The molecule has 9 nitrogen and oxygen atoms in total. The lowest BCUT2D eigenvalue weighted by molar-refractivity contribution is -0.120. The van der Waals surface area contributed by atoms with E-state index in [0.717, 1.165) is 0 Å². The number of amides is 3. The van der Waals surface area contributed by atoms with Gasteiger partial charge in [-0.2, -0.15) is 0 Å². The Balaban J connectivity index is 1.66. The molecule has 0 bridgehead atoms. The van der Waals surface area contributed by atoms with Crippen LogP contribution in [0.25, 0.3) is 0 Å². The molecule has 0 heterocycles. The van der Waals surface area contributed by atoms with Crippen molar-refractivity contribution < 1.29 is 29.0 Å². The molecule has 2 rings (SSSR count). The summed E-state index contributed by atoms with van der Waals surface area (Å²) in [5, 5.41) is 17.3. The largest absolute Gasteiger partial charge is 0.508 e. The Morgan fingerprint density at radius 3 is 2.20 bits per heavy atom. The van der Waals surface area contributed by atoms with Crippen LogP contribution in [0.2, 0.25) is 0 Å². The third kappa shape index (κ3) is 6.69. The first-order valence-electron chi connectivity index (χ1n) is 9.28. The van der Waals surface area contributed by atoms with Crippen molar-refractivity contribution in [1.29, 1.82) is 0 Å². The Hall–Kier alpha value is -3.75. The summed E-state index contributed by atoms with van der Waals surface area (Å²) in [5.74, 6) is -0.123. The zero-order valence-electron chi connectivity index (χ0n) is 16.9. The number of carbonyl (C=O) groups excluding carboxylic acids is 3. The molecule has 0 saturated carbocycles. The summed E-state index contributed by atoms with van der Waals surface area (Å²) in [6.07, 6.45) is 0.514. The summed E-state index contributed by atoms with van der Waals surface area (Å²) >= 11 is 0. The third-order valence-corrected chi connectivity index (χ3v) is 4.12. The number of phenols is 1. The second kappa shape index (κ2) is 11.3. The highest BCUT2D eigenvalue weighted by Crippen LogP contribution is 2.27. The number of methoxy groups -OCH3 is 2. The van der Waals surface area contributed by atoms with Gasteiger partial charge in [-0.05, 0) is 42.8 Å². The topological polar surface area (TPSA) is 126 Å². The molecular formula is C21H25N3O6. The number of ether oxygens (including phenoxy) is 2. The van der Waals surface area contributed by atoms with Gasteiger partial charge in [-0.15, -0.1) is 0 Å². The van der Waals surface area contributed by atoms with E-state index in [2.05, 4.69) is 16.0 Å². The number of benzene rings is 2. The van der Waals surface area contributed by atoms with Crippen molar-refractivity contribution >= 4 is 17.7 Å². The standard InChI is InChI=1S/C21H25N3O6/c1-29-17-8-7-15(12-18(17)30-2)21(28)24-13-19(26)22-9-4-10-23-20(27)14-5-3-6-16(25)11-14/h3,5-8,11-12,25H,4,9-10,13H2,1-2H3,(H,22,26)(H,23,27)(H,24,28). The molecule has 0 fully saturated rings. The zero-order valence-corrected chi connectivity index (χ0v) is 16.9. The van der Waals surface area contributed by atoms with Crippen LogP contribution in [0.4, 0.5) is 0 Å². The molecule has 30 heavy (non-hydrogen) atoms. The third-order valence-electron chi connectivity index (χ3n) is 4.12. The molecule has 0 aromatic heterocycles. The van der Waals surface area contributed by atoms with E-state index in [-0.39, 0.29) is 24.1 Å². The number of rotatable bonds is 10. The Bertz CT molecular complexity index is 900. The summed E-state index contributed by atoms with van der Waals surface area (Å²) in [5.41, 5.74) is 0.701. The molecule has 0 aliphatic heterocycles. The van der Waals surface area contributed by atoms with Crippen molar-refractivity contribution in [2.75, 3.05) is 33.9 Å². The maximum Gasteiger partial charge on any atom is 0.251 e. The molecule has 0 unspecified atom stereocenters. The predicted octanol–water partition coefficient (Wildman–Crippen LogP) is 1.08. The summed E-state index contributed by atoms with van der Waals surface area (Å²) in [7, 11) is 2.97. The van der Waals surface area contributed by atoms with Crippen LogP contribution in [0.15, 0.2) is 42.5 Å². The zero-order chi connectivity index (χ0) is 21.9. The van der Waals surface area contributed by atoms with Gasteiger partial charge in [-0.25, -0.2) is 0 Å². The van der Waals surface area contributed by atoms with Gasteiger partial charge < -0.3 is 30.5 Å². The lowest BCUT2D eigenvalue weighted by Crippen LogP contribution is -2.38. The summed E-state index contributed by atoms with van der Waals surface area (Å²) in [6.45, 7) is 0.515. The second-order valence-corrected chi connectivity index (χ2v) is 6.26. The summed E-state index contributed by atoms with van der Waals surface area (Å²) < 4.78 is 10.3. The molecule has 4 N–H and O–H groups in total. The number of carbonyl (C=O) groups is 3. The first kappa shape index (κ1) is 22.5. The smallest absolute Gasteiger partial charge is 0.251 e. The fourth-order valence-electron chi connectivity index (χ4n) is 2.57. The molecule has 3 amide bonds. The van der Waals surface area contributed by atoms with Crippen LogP contribution in [0.3, 0.4) is 0 Å². The Morgan fingerprint density at radius 2 is 1.50 bits per heavy atom. The molecule has 0 spiro atoms. The number of nitrogens with one attached hydrogen (secondary N) is 3. The van der Waals surface area contributed by atoms with E-state index < -0.39 is 5.91 Å². The van der Waals surface area contributed by atoms with Crippen LogP contribution in [0.1, 0.15) is 27.1 Å². The average molecular weight is 415 g/mol. The van der Waals surface area contributed by atoms with Crippen molar-refractivity contribution in [3.8, 4) is 17.2 Å². The van der Waals surface area contributed by atoms with Gasteiger partial charge in [0, 0.05) is 24.2 Å². The molecule has 0 saturated heterocycles. The molecule has 2 aromatic carbocycles. The first-order valence-corrected chi connectivity index (χ1v) is 9.28. The van der Waals surface area contributed by atoms with Crippen molar-refractivity contribution in [2.24, 2.45) is 0 Å². The Labute approximate surface area is 174 Å². The van der Waals surface area contributed by atoms with Gasteiger partial charge in [0.25, 0.3) is 11.8 Å². The van der Waals surface area contributed by atoms with Crippen LogP contribution in [0.5, 0.6) is 17.2 Å². The van der Waals surface area contributed by atoms with E-state index in [1.165, 1.54) is 32.4 Å². The van der Waals surface area contributed by atoms with Gasteiger partial charge in [0.05, 0.1) is 20.8 Å². The molecular weight excluding hydrogens is 390 g/mol. The molecule has 0 radical (unpaired) electrons.